The molecule has 29 heavy (non-hydrogen) atoms. The van der Waals surface area contributed by atoms with Crippen LogP contribution in [0.15, 0.2) is 91.0 Å². The Kier molecular flexibility index (Phi) is 5.27. The number of amides is 2. The highest BCUT2D eigenvalue weighted by Crippen LogP contribution is 2.22. The topological polar surface area (TPSA) is 58.2 Å². The second-order valence-electron chi connectivity index (χ2n) is 6.50. The molecule has 5 heteroatoms. The number of nitrogens with one attached hydrogen (secondary N) is 2. The molecular weight excluding hydrogens is 384 g/mol. The van der Waals surface area contributed by atoms with E-state index in [0.29, 0.717) is 27.5 Å². The first kappa shape index (κ1) is 18.7. The molecule has 0 aromatic heterocycles. The average Bonchev–Trinajstić information content (AvgIpc) is 2.74. The van der Waals surface area contributed by atoms with Gasteiger partial charge < -0.3 is 10.6 Å². The fourth-order valence-corrected chi connectivity index (χ4v) is 3.36. The Morgan fingerprint density at radius 1 is 0.621 bits per heavy atom. The highest BCUT2D eigenvalue weighted by Gasteiger charge is 2.12. The van der Waals surface area contributed by atoms with Crippen LogP contribution >= 0.6 is 11.6 Å². The summed E-state index contributed by atoms with van der Waals surface area (Å²) in [5.41, 5.74) is 2.12. The highest BCUT2D eigenvalue weighted by atomic mass is 35.5. The van der Waals surface area contributed by atoms with Crippen LogP contribution in [-0.4, -0.2) is 11.8 Å². The lowest BCUT2D eigenvalue weighted by Crippen LogP contribution is -2.14. The molecule has 0 saturated heterocycles. The van der Waals surface area contributed by atoms with Gasteiger partial charge in [0.05, 0.1) is 10.6 Å². The molecule has 0 spiro atoms. The van der Waals surface area contributed by atoms with Crippen molar-refractivity contribution in [2.45, 2.75) is 0 Å². The SMILES string of the molecule is O=C(Nc1cccc(NC(=O)c2cccc3ccccc23)c1)c1ccccc1Cl. The Labute approximate surface area is 173 Å². The van der Waals surface area contributed by atoms with Gasteiger partial charge in [-0.05, 0) is 47.2 Å². The van der Waals surface area contributed by atoms with E-state index in [1.807, 2.05) is 36.4 Å². The largest absolute Gasteiger partial charge is 0.322 e. The van der Waals surface area contributed by atoms with Crippen LogP contribution in [0.4, 0.5) is 11.4 Å². The predicted octanol–water partition coefficient (Wildman–Crippen LogP) is 6.00. The molecule has 4 nitrogen and oxygen atoms in total. The van der Waals surface area contributed by atoms with Crippen LogP contribution in [0, 0.1) is 0 Å². The molecule has 0 unspecified atom stereocenters. The molecule has 0 aliphatic rings. The van der Waals surface area contributed by atoms with Gasteiger partial charge in [-0.15, -0.1) is 0 Å². The molecule has 0 saturated carbocycles. The van der Waals surface area contributed by atoms with Gasteiger partial charge in [0.25, 0.3) is 11.8 Å². The lowest BCUT2D eigenvalue weighted by atomic mass is 10.0. The molecule has 0 aliphatic carbocycles. The van der Waals surface area contributed by atoms with E-state index in [1.165, 1.54) is 0 Å². The Morgan fingerprint density at radius 2 is 1.17 bits per heavy atom. The van der Waals surface area contributed by atoms with Crippen LogP contribution in [0.5, 0.6) is 0 Å². The zero-order valence-corrected chi connectivity index (χ0v) is 16.1. The first-order valence-corrected chi connectivity index (χ1v) is 9.45. The molecule has 0 aliphatic heterocycles. The van der Waals surface area contributed by atoms with Gasteiger partial charge in [0.2, 0.25) is 0 Å². The molecule has 142 valence electrons. The van der Waals surface area contributed by atoms with Crippen molar-refractivity contribution in [1.82, 2.24) is 0 Å². The van der Waals surface area contributed by atoms with E-state index in [2.05, 4.69) is 10.6 Å². The molecule has 0 radical (unpaired) electrons. The first-order chi connectivity index (χ1) is 14.1. The van der Waals surface area contributed by atoms with Crippen LogP contribution in [-0.2, 0) is 0 Å². The molecule has 0 atom stereocenters. The fraction of sp³-hybridized carbons (Fsp3) is 0. The lowest BCUT2D eigenvalue weighted by molar-refractivity contribution is 0.102. The number of hydrogen-bond acceptors (Lipinski definition) is 2. The minimum atomic E-state index is -0.312. The molecule has 4 aromatic rings. The summed E-state index contributed by atoms with van der Waals surface area (Å²) in [6, 6.07) is 27.2. The van der Waals surface area contributed by atoms with Gasteiger partial charge >= 0.3 is 0 Å². The zero-order valence-electron chi connectivity index (χ0n) is 15.4. The third kappa shape index (κ3) is 4.13. The van der Waals surface area contributed by atoms with Gasteiger partial charge in [-0.1, -0.05) is 66.2 Å². The standard InChI is InChI=1S/C24H17ClN2O2/c25-22-14-4-3-12-21(22)24(29)27-18-10-6-9-17(15-18)26-23(28)20-13-5-8-16-7-1-2-11-19(16)20/h1-15H,(H,26,28)(H,27,29). The van der Waals surface area contributed by atoms with Gasteiger partial charge in [-0.3, -0.25) is 9.59 Å². The average molecular weight is 401 g/mol. The molecule has 0 bridgehead atoms. The van der Waals surface area contributed by atoms with E-state index >= 15 is 0 Å². The van der Waals surface area contributed by atoms with Crippen LogP contribution in [0.1, 0.15) is 20.7 Å². The van der Waals surface area contributed by atoms with Crippen molar-refractivity contribution in [3.05, 3.63) is 107 Å². The number of fused-ring (bicyclic) bond motifs is 1. The third-order valence-corrected chi connectivity index (χ3v) is 4.86. The summed E-state index contributed by atoms with van der Waals surface area (Å²) < 4.78 is 0. The Bertz CT molecular complexity index is 1210. The van der Waals surface area contributed by atoms with Gasteiger partial charge in [0.1, 0.15) is 0 Å². The first-order valence-electron chi connectivity index (χ1n) is 9.07. The second kappa shape index (κ2) is 8.17. The summed E-state index contributed by atoms with van der Waals surface area (Å²) in [6.45, 7) is 0. The highest BCUT2D eigenvalue weighted by molar-refractivity contribution is 6.34. The van der Waals surface area contributed by atoms with Gasteiger partial charge in [0.15, 0.2) is 0 Å². The predicted molar refractivity (Wildman–Crippen MR) is 118 cm³/mol. The van der Waals surface area contributed by atoms with Gasteiger partial charge in [-0.2, -0.15) is 0 Å². The number of hydrogen-bond donors (Lipinski definition) is 2. The molecular formula is C24H17ClN2O2. The lowest BCUT2D eigenvalue weighted by Gasteiger charge is -2.11. The van der Waals surface area contributed by atoms with E-state index < -0.39 is 0 Å². The van der Waals surface area contributed by atoms with Crippen molar-refractivity contribution in [1.29, 1.82) is 0 Å². The maximum atomic E-state index is 12.8. The van der Waals surface area contributed by atoms with E-state index in [0.717, 1.165) is 10.8 Å². The van der Waals surface area contributed by atoms with Crippen molar-refractivity contribution in [3.63, 3.8) is 0 Å². The quantitative estimate of drug-likeness (QED) is 0.441. The number of halogens is 1. The Balaban J connectivity index is 1.54. The minimum Gasteiger partial charge on any atom is -0.322 e. The van der Waals surface area contributed by atoms with Crippen molar-refractivity contribution in [2.24, 2.45) is 0 Å². The summed E-state index contributed by atoms with van der Waals surface area (Å²) in [6.07, 6.45) is 0. The maximum Gasteiger partial charge on any atom is 0.257 e. The monoisotopic (exact) mass is 400 g/mol. The third-order valence-electron chi connectivity index (χ3n) is 4.53. The second-order valence-corrected chi connectivity index (χ2v) is 6.90. The Morgan fingerprint density at radius 3 is 1.93 bits per heavy atom. The van der Waals surface area contributed by atoms with Crippen molar-refractivity contribution in [2.75, 3.05) is 10.6 Å². The summed E-state index contributed by atoms with van der Waals surface area (Å²) in [5, 5.41) is 7.97. The van der Waals surface area contributed by atoms with E-state index in [4.69, 9.17) is 11.6 Å². The van der Waals surface area contributed by atoms with Crippen molar-refractivity contribution in [3.8, 4) is 0 Å². The van der Waals surface area contributed by atoms with Gasteiger partial charge in [-0.25, -0.2) is 0 Å². The molecule has 0 heterocycles. The van der Waals surface area contributed by atoms with E-state index in [1.54, 1.807) is 54.6 Å². The van der Waals surface area contributed by atoms with Gasteiger partial charge in [0, 0.05) is 16.9 Å². The summed E-state index contributed by atoms with van der Waals surface area (Å²) in [7, 11) is 0. The zero-order chi connectivity index (χ0) is 20.2. The summed E-state index contributed by atoms with van der Waals surface area (Å²) in [5.74, 6) is -0.524. The molecule has 2 N–H and O–H groups in total. The number of carbonyl (C=O) groups excluding carboxylic acids is 2. The number of rotatable bonds is 4. The number of anilines is 2. The van der Waals surface area contributed by atoms with E-state index in [-0.39, 0.29) is 11.8 Å². The van der Waals surface area contributed by atoms with E-state index in [9.17, 15) is 9.59 Å². The molecule has 2 amide bonds. The van der Waals surface area contributed by atoms with Crippen molar-refractivity contribution < 1.29 is 9.59 Å². The number of carbonyl (C=O) groups is 2. The maximum absolute atomic E-state index is 12.8. The van der Waals surface area contributed by atoms with Crippen LogP contribution in [0.2, 0.25) is 5.02 Å². The molecule has 4 aromatic carbocycles. The molecule has 4 rings (SSSR count). The van der Waals surface area contributed by atoms with Crippen molar-refractivity contribution >= 4 is 45.6 Å². The van der Waals surface area contributed by atoms with Crippen LogP contribution < -0.4 is 10.6 Å². The minimum absolute atomic E-state index is 0.212. The summed E-state index contributed by atoms with van der Waals surface area (Å²) >= 11 is 6.08. The normalized spacial score (nSPS) is 10.5. The fourth-order valence-electron chi connectivity index (χ4n) is 3.14. The summed E-state index contributed by atoms with van der Waals surface area (Å²) in [4.78, 5) is 25.3. The smallest absolute Gasteiger partial charge is 0.257 e. The molecule has 0 fully saturated rings. The Hall–Kier alpha value is -3.63. The van der Waals surface area contributed by atoms with Crippen LogP contribution in [0.3, 0.4) is 0 Å². The van der Waals surface area contributed by atoms with Crippen LogP contribution in [0.25, 0.3) is 10.8 Å². The number of benzene rings is 4.